The van der Waals surface area contributed by atoms with Gasteiger partial charge < -0.3 is 4.74 Å². The average Bonchev–Trinajstić information content (AvgIpc) is 2.50. The van der Waals surface area contributed by atoms with E-state index in [2.05, 4.69) is 11.9 Å². The number of fused-ring (bicyclic) bond motifs is 1. The van der Waals surface area contributed by atoms with E-state index in [1.54, 1.807) is 0 Å². The lowest BCUT2D eigenvalue weighted by atomic mass is 10.1. The first-order valence-corrected chi connectivity index (χ1v) is 4.01. The van der Waals surface area contributed by atoms with E-state index in [0.29, 0.717) is 0 Å². The van der Waals surface area contributed by atoms with Crippen LogP contribution in [0.5, 0.6) is 5.75 Å². The predicted molar refractivity (Wildman–Crippen MR) is 42.8 cm³/mol. The van der Waals surface area contributed by atoms with Gasteiger partial charge in [0.25, 0.3) is 0 Å². The number of nitrogens with zero attached hydrogens (tertiary/aromatic N) is 1. The summed E-state index contributed by atoms with van der Waals surface area (Å²) in [7, 11) is 0. The minimum absolute atomic E-state index is 0.805. The second-order valence-corrected chi connectivity index (χ2v) is 2.70. The fraction of sp³-hybridized carbons (Fsp3) is 0.444. The van der Waals surface area contributed by atoms with Crippen molar-refractivity contribution in [3.8, 4) is 5.75 Å². The summed E-state index contributed by atoms with van der Waals surface area (Å²) in [6.07, 6.45) is 3.88. The second kappa shape index (κ2) is 2.53. The molecule has 2 nitrogen and oxygen atoms in total. The minimum Gasteiger partial charge on any atom is -0.491 e. The zero-order chi connectivity index (χ0) is 7.68. The first-order valence-electron chi connectivity index (χ1n) is 4.01. The van der Waals surface area contributed by atoms with Gasteiger partial charge in [-0.2, -0.15) is 0 Å². The van der Waals surface area contributed by atoms with Crippen molar-refractivity contribution in [2.24, 2.45) is 0 Å². The minimum atomic E-state index is 0.805. The highest BCUT2D eigenvalue weighted by Crippen LogP contribution is 2.27. The summed E-state index contributed by atoms with van der Waals surface area (Å²) in [4.78, 5) is 4.24. The van der Waals surface area contributed by atoms with E-state index in [1.807, 2.05) is 12.3 Å². The van der Waals surface area contributed by atoms with Crippen molar-refractivity contribution in [2.45, 2.75) is 19.8 Å². The Morgan fingerprint density at radius 3 is 3.36 bits per heavy atom. The van der Waals surface area contributed by atoms with Crippen LogP contribution in [0.3, 0.4) is 0 Å². The smallest absolute Gasteiger partial charge is 0.144 e. The maximum absolute atomic E-state index is 5.46. The van der Waals surface area contributed by atoms with Crippen molar-refractivity contribution in [3.63, 3.8) is 0 Å². The number of hydrogen-bond donors (Lipinski definition) is 0. The summed E-state index contributed by atoms with van der Waals surface area (Å²) in [5.74, 6) is 1.04. The molecule has 1 aromatic rings. The molecule has 11 heavy (non-hydrogen) atoms. The van der Waals surface area contributed by atoms with Gasteiger partial charge in [0.2, 0.25) is 0 Å². The molecule has 1 aliphatic heterocycles. The van der Waals surface area contributed by atoms with Gasteiger partial charge in [0.1, 0.15) is 5.75 Å². The molecule has 2 rings (SSSR count). The molecule has 0 spiro atoms. The Hall–Kier alpha value is -1.05. The topological polar surface area (TPSA) is 22.1 Å². The van der Waals surface area contributed by atoms with Gasteiger partial charge in [-0.3, -0.25) is 4.98 Å². The maximum Gasteiger partial charge on any atom is 0.144 e. The Labute approximate surface area is 66.2 Å². The molecule has 0 aliphatic carbocycles. The molecule has 1 aliphatic rings. The van der Waals surface area contributed by atoms with Crippen LogP contribution in [0.15, 0.2) is 12.3 Å². The summed E-state index contributed by atoms with van der Waals surface area (Å²) in [6.45, 7) is 2.94. The first-order chi connectivity index (χ1) is 5.42. The van der Waals surface area contributed by atoms with E-state index in [4.69, 9.17) is 4.74 Å². The van der Waals surface area contributed by atoms with Crippen LogP contribution in [-0.2, 0) is 12.8 Å². The molecular formula is C9H11NO. The van der Waals surface area contributed by atoms with Crippen molar-refractivity contribution in [2.75, 3.05) is 6.61 Å². The Morgan fingerprint density at radius 1 is 1.64 bits per heavy atom. The van der Waals surface area contributed by atoms with Crippen LogP contribution in [0, 0.1) is 0 Å². The largest absolute Gasteiger partial charge is 0.491 e. The lowest BCUT2D eigenvalue weighted by molar-refractivity contribution is 0.353. The first kappa shape index (κ1) is 6.65. The molecule has 0 atom stereocenters. The van der Waals surface area contributed by atoms with Crippen molar-refractivity contribution in [3.05, 3.63) is 23.5 Å². The van der Waals surface area contributed by atoms with Crippen LogP contribution in [0.25, 0.3) is 0 Å². The van der Waals surface area contributed by atoms with E-state index in [-0.39, 0.29) is 0 Å². The molecule has 2 heteroatoms. The molecular weight excluding hydrogens is 138 g/mol. The lowest BCUT2D eigenvalue weighted by Gasteiger charge is -2.02. The molecule has 0 radical (unpaired) electrons. The van der Waals surface area contributed by atoms with Crippen molar-refractivity contribution in [1.29, 1.82) is 0 Å². The maximum atomic E-state index is 5.46. The Morgan fingerprint density at radius 2 is 2.55 bits per heavy atom. The van der Waals surface area contributed by atoms with Gasteiger partial charge in [0, 0.05) is 12.6 Å². The normalized spacial score (nSPS) is 14.3. The highest BCUT2D eigenvalue weighted by Gasteiger charge is 2.15. The highest BCUT2D eigenvalue weighted by molar-refractivity contribution is 5.39. The predicted octanol–water partition coefficient (Wildman–Crippen LogP) is 1.58. The van der Waals surface area contributed by atoms with Gasteiger partial charge in [0.05, 0.1) is 12.3 Å². The molecule has 2 heterocycles. The summed E-state index contributed by atoms with van der Waals surface area (Å²) in [5, 5.41) is 0. The van der Waals surface area contributed by atoms with Crippen molar-refractivity contribution >= 4 is 0 Å². The molecule has 58 valence electrons. The van der Waals surface area contributed by atoms with Crippen LogP contribution in [0.4, 0.5) is 0 Å². The second-order valence-electron chi connectivity index (χ2n) is 2.70. The fourth-order valence-electron chi connectivity index (χ4n) is 1.42. The monoisotopic (exact) mass is 149 g/mol. The fourth-order valence-corrected chi connectivity index (χ4v) is 1.42. The zero-order valence-electron chi connectivity index (χ0n) is 6.63. The SMILES string of the molecule is CCc1ccnc2c1OCC2. The third kappa shape index (κ3) is 0.985. The van der Waals surface area contributed by atoms with E-state index in [0.717, 1.165) is 30.9 Å². The molecule has 0 unspecified atom stereocenters. The third-order valence-electron chi connectivity index (χ3n) is 2.03. The summed E-state index contributed by atoms with van der Waals surface area (Å²) >= 11 is 0. The van der Waals surface area contributed by atoms with E-state index in [9.17, 15) is 0 Å². The van der Waals surface area contributed by atoms with Crippen LogP contribution >= 0.6 is 0 Å². The molecule has 0 aromatic carbocycles. The number of aromatic nitrogens is 1. The van der Waals surface area contributed by atoms with E-state index < -0.39 is 0 Å². The molecule has 0 amide bonds. The number of rotatable bonds is 1. The van der Waals surface area contributed by atoms with E-state index >= 15 is 0 Å². The van der Waals surface area contributed by atoms with E-state index in [1.165, 1.54) is 5.56 Å². The van der Waals surface area contributed by atoms with Crippen molar-refractivity contribution in [1.82, 2.24) is 4.98 Å². The zero-order valence-corrected chi connectivity index (χ0v) is 6.63. The standard InChI is InChI=1S/C9H11NO/c1-2-7-3-5-10-8-4-6-11-9(7)8/h3,5H,2,4,6H2,1H3. The Bertz CT molecular complexity index is 270. The van der Waals surface area contributed by atoms with Gasteiger partial charge in [0.15, 0.2) is 0 Å². The Kier molecular flexibility index (Phi) is 1.53. The van der Waals surface area contributed by atoms with Gasteiger partial charge in [-0.15, -0.1) is 0 Å². The van der Waals surface area contributed by atoms with Crippen molar-refractivity contribution < 1.29 is 4.74 Å². The van der Waals surface area contributed by atoms with Gasteiger partial charge in [-0.1, -0.05) is 6.92 Å². The average molecular weight is 149 g/mol. The number of hydrogen-bond acceptors (Lipinski definition) is 2. The Balaban J connectivity index is 2.50. The van der Waals surface area contributed by atoms with Crippen LogP contribution in [0.2, 0.25) is 0 Å². The number of aryl methyl sites for hydroxylation is 1. The molecule has 0 N–H and O–H groups in total. The van der Waals surface area contributed by atoms with Crippen LogP contribution < -0.4 is 4.74 Å². The number of ether oxygens (including phenoxy) is 1. The molecule has 0 saturated carbocycles. The summed E-state index contributed by atoms with van der Waals surface area (Å²) in [5.41, 5.74) is 2.41. The van der Waals surface area contributed by atoms with Gasteiger partial charge in [-0.25, -0.2) is 0 Å². The highest BCUT2D eigenvalue weighted by atomic mass is 16.5. The molecule has 0 bridgehead atoms. The van der Waals surface area contributed by atoms with Crippen LogP contribution in [-0.4, -0.2) is 11.6 Å². The lowest BCUT2D eigenvalue weighted by Crippen LogP contribution is -1.90. The molecule has 0 saturated heterocycles. The quantitative estimate of drug-likeness (QED) is 0.604. The number of pyridine rings is 1. The van der Waals surface area contributed by atoms with Gasteiger partial charge in [-0.05, 0) is 18.1 Å². The van der Waals surface area contributed by atoms with Gasteiger partial charge >= 0.3 is 0 Å². The van der Waals surface area contributed by atoms with Crippen LogP contribution in [0.1, 0.15) is 18.2 Å². The summed E-state index contributed by atoms with van der Waals surface area (Å²) < 4.78 is 5.46. The third-order valence-corrected chi connectivity index (χ3v) is 2.03. The molecule has 1 aromatic heterocycles. The molecule has 0 fully saturated rings. The summed E-state index contributed by atoms with van der Waals surface area (Å²) in [6, 6.07) is 2.03.